The molecular weight excluding hydrogens is 328 g/mol. The van der Waals surface area contributed by atoms with E-state index < -0.39 is 0 Å². The summed E-state index contributed by atoms with van der Waals surface area (Å²) in [6.07, 6.45) is 3.34. The average molecular weight is 348 g/mol. The average Bonchev–Trinajstić information content (AvgIpc) is 2.67. The van der Waals surface area contributed by atoms with E-state index in [1.54, 1.807) is 30.6 Å². The molecule has 26 heavy (non-hydrogen) atoms. The Morgan fingerprint density at radius 1 is 1.15 bits per heavy atom. The van der Waals surface area contributed by atoms with E-state index in [4.69, 9.17) is 0 Å². The van der Waals surface area contributed by atoms with Gasteiger partial charge in [-0.25, -0.2) is 9.97 Å². The number of nitrogens with zero attached hydrogens (tertiary/aromatic N) is 3. The molecule has 1 fully saturated rings. The number of phenolic OH excluding ortho intramolecular Hbond substituents is 1. The fourth-order valence-electron chi connectivity index (χ4n) is 3.45. The Labute approximate surface area is 151 Å². The van der Waals surface area contributed by atoms with Crippen LogP contribution in [-0.2, 0) is 4.79 Å². The molecule has 1 aromatic heterocycles. The van der Waals surface area contributed by atoms with Crippen molar-refractivity contribution in [2.75, 3.05) is 23.3 Å². The van der Waals surface area contributed by atoms with Crippen LogP contribution in [0.5, 0.6) is 5.75 Å². The number of benzene rings is 2. The number of hydrogen-bond acceptors (Lipinski definition) is 5. The van der Waals surface area contributed by atoms with Crippen LogP contribution in [0.4, 0.5) is 11.5 Å². The molecule has 0 aliphatic carbocycles. The van der Waals surface area contributed by atoms with Crippen molar-refractivity contribution in [3.8, 4) is 5.75 Å². The summed E-state index contributed by atoms with van der Waals surface area (Å²) in [6, 6.07) is 14.5. The molecule has 3 aromatic rings. The molecule has 1 aliphatic rings. The topological polar surface area (TPSA) is 78.4 Å². The zero-order valence-electron chi connectivity index (χ0n) is 14.3. The quantitative estimate of drug-likeness (QED) is 0.760. The number of phenols is 1. The maximum absolute atomic E-state index is 12.7. The van der Waals surface area contributed by atoms with Gasteiger partial charge in [-0.1, -0.05) is 18.2 Å². The predicted octanol–water partition coefficient (Wildman–Crippen LogP) is 3.19. The molecule has 0 radical (unpaired) electrons. The largest absolute Gasteiger partial charge is 0.508 e. The summed E-state index contributed by atoms with van der Waals surface area (Å²) < 4.78 is 0. The molecule has 1 unspecified atom stereocenters. The Kier molecular flexibility index (Phi) is 4.39. The first kappa shape index (κ1) is 16.3. The van der Waals surface area contributed by atoms with Crippen LogP contribution in [0.2, 0.25) is 0 Å². The summed E-state index contributed by atoms with van der Waals surface area (Å²) in [6.45, 7) is 1.49. The van der Waals surface area contributed by atoms with E-state index in [1.807, 2.05) is 24.3 Å². The molecule has 6 heteroatoms. The van der Waals surface area contributed by atoms with Crippen molar-refractivity contribution in [2.24, 2.45) is 5.92 Å². The number of piperidine rings is 1. The number of anilines is 2. The zero-order chi connectivity index (χ0) is 17.9. The summed E-state index contributed by atoms with van der Waals surface area (Å²) in [4.78, 5) is 23.6. The number of fused-ring (bicyclic) bond motifs is 1. The van der Waals surface area contributed by atoms with Crippen LogP contribution in [0.25, 0.3) is 10.9 Å². The Morgan fingerprint density at radius 2 is 2.04 bits per heavy atom. The SMILES string of the molecule is O=C(Nc1cccc(O)c1)C1CCCN(c2ncnc3ccccc23)C1. The molecule has 2 aromatic carbocycles. The number of carbonyl (C=O) groups is 1. The second kappa shape index (κ2) is 7.00. The summed E-state index contributed by atoms with van der Waals surface area (Å²) >= 11 is 0. The second-order valence-corrected chi connectivity index (χ2v) is 6.54. The van der Waals surface area contributed by atoms with E-state index in [0.717, 1.165) is 36.1 Å². The number of amides is 1. The van der Waals surface area contributed by atoms with Crippen molar-refractivity contribution in [1.82, 2.24) is 9.97 Å². The smallest absolute Gasteiger partial charge is 0.229 e. The highest BCUT2D eigenvalue weighted by Crippen LogP contribution is 2.28. The molecule has 1 amide bonds. The number of nitrogens with one attached hydrogen (secondary N) is 1. The minimum atomic E-state index is -0.125. The number of hydrogen-bond donors (Lipinski definition) is 2. The fourth-order valence-corrected chi connectivity index (χ4v) is 3.45. The normalized spacial score (nSPS) is 17.2. The Morgan fingerprint density at radius 3 is 2.92 bits per heavy atom. The van der Waals surface area contributed by atoms with Gasteiger partial charge in [0.1, 0.15) is 17.9 Å². The molecule has 0 spiro atoms. The molecule has 4 rings (SSSR count). The first-order valence-corrected chi connectivity index (χ1v) is 8.75. The van der Waals surface area contributed by atoms with Crippen LogP contribution >= 0.6 is 0 Å². The van der Waals surface area contributed by atoms with E-state index in [2.05, 4.69) is 20.2 Å². The minimum absolute atomic E-state index is 0.0290. The monoisotopic (exact) mass is 348 g/mol. The predicted molar refractivity (Wildman–Crippen MR) is 101 cm³/mol. The van der Waals surface area contributed by atoms with Crippen LogP contribution < -0.4 is 10.2 Å². The van der Waals surface area contributed by atoms with E-state index >= 15 is 0 Å². The van der Waals surface area contributed by atoms with Gasteiger partial charge in [0, 0.05) is 30.2 Å². The lowest BCUT2D eigenvalue weighted by molar-refractivity contribution is -0.120. The number of aromatic nitrogens is 2. The van der Waals surface area contributed by atoms with Crippen molar-refractivity contribution >= 4 is 28.3 Å². The van der Waals surface area contributed by atoms with Crippen LogP contribution in [0.3, 0.4) is 0 Å². The highest BCUT2D eigenvalue weighted by molar-refractivity contribution is 5.94. The van der Waals surface area contributed by atoms with Crippen LogP contribution in [0.15, 0.2) is 54.9 Å². The van der Waals surface area contributed by atoms with Gasteiger partial charge in [0.05, 0.1) is 11.4 Å². The van der Waals surface area contributed by atoms with Gasteiger partial charge in [0.15, 0.2) is 0 Å². The van der Waals surface area contributed by atoms with E-state index in [0.29, 0.717) is 12.2 Å². The maximum Gasteiger partial charge on any atom is 0.229 e. The lowest BCUT2D eigenvalue weighted by atomic mass is 9.96. The Hall–Kier alpha value is -3.15. The van der Waals surface area contributed by atoms with E-state index in [9.17, 15) is 9.90 Å². The Bertz CT molecular complexity index is 939. The first-order valence-electron chi connectivity index (χ1n) is 8.75. The zero-order valence-corrected chi connectivity index (χ0v) is 14.3. The molecule has 1 atom stereocenters. The summed E-state index contributed by atoms with van der Waals surface area (Å²) in [5, 5.41) is 13.5. The van der Waals surface area contributed by atoms with E-state index in [-0.39, 0.29) is 17.6 Å². The lowest BCUT2D eigenvalue weighted by Crippen LogP contribution is -2.41. The highest BCUT2D eigenvalue weighted by atomic mass is 16.3. The summed E-state index contributed by atoms with van der Waals surface area (Å²) in [5.74, 6) is 0.865. The van der Waals surface area contributed by atoms with Crippen molar-refractivity contribution in [3.63, 3.8) is 0 Å². The molecule has 1 saturated heterocycles. The molecule has 2 heterocycles. The third-order valence-corrected chi connectivity index (χ3v) is 4.73. The molecule has 132 valence electrons. The van der Waals surface area contributed by atoms with E-state index in [1.165, 1.54) is 0 Å². The van der Waals surface area contributed by atoms with Crippen molar-refractivity contribution in [2.45, 2.75) is 12.8 Å². The number of aromatic hydroxyl groups is 1. The lowest BCUT2D eigenvalue weighted by Gasteiger charge is -2.33. The molecular formula is C20H20N4O2. The number of para-hydroxylation sites is 1. The minimum Gasteiger partial charge on any atom is -0.508 e. The van der Waals surface area contributed by atoms with Crippen molar-refractivity contribution < 1.29 is 9.90 Å². The molecule has 2 N–H and O–H groups in total. The molecule has 6 nitrogen and oxygen atoms in total. The molecule has 0 saturated carbocycles. The third-order valence-electron chi connectivity index (χ3n) is 4.73. The van der Waals surface area contributed by atoms with Gasteiger partial charge < -0.3 is 15.3 Å². The van der Waals surface area contributed by atoms with Gasteiger partial charge in [-0.05, 0) is 37.1 Å². The number of carbonyl (C=O) groups excluding carboxylic acids is 1. The van der Waals surface area contributed by atoms with Crippen molar-refractivity contribution in [1.29, 1.82) is 0 Å². The third kappa shape index (κ3) is 3.31. The van der Waals surface area contributed by atoms with Crippen LogP contribution in [0.1, 0.15) is 12.8 Å². The maximum atomic E-state index is 12.7. The summed E-state index contributed by atoms with van der Waals surface area (Å²) in [5.41, 5.74) is 1.52. The van der Waals surface area contributed by atoms with Gasteiger partial charge in [0.2, 0.25) is 5.91 Å². The van der Waals surface area contributed by atoms with Gasteiger partial charge in [-0.3, -0.25) is 4.79 Å². The van der Waals surface area contributed by atoms with Gasteiger partial charge in [0.25, 0.3) is 0 Å². The van der Waals surface area contributed by atoms with Crippen molar-refractivity contribution in [3.05, 3.63) is 54.9 Å². The number of rotatable bonds is 3. The van der Waals surface area contributed by atoms with Gasteiger partial charge >= 0.3 is 0 Å². The first-order chi connectivity index (χ1) is 12.7. The van der Waals surface area contributed by atoms with Gasteiger partial charge in [-0.2, -0.15) is 0 Å². The van der Waals surface area contributed by atoms with Crippen LogP contribution in [-0.4, -0.2) is 34.1 Å². The standard InChI is InChI=1S/C20H20N4O2/c25-16-7-3-6-15(11-16)23-20(26)14-5-4-10-24(12-14)19-17-8-1-2-9-18(17)21-13-22-19/h1-3,6-9,11,13-14,25H,4-5,10,12H2,(H,23,26). The second-order valence-electron chi connectivity index (χ2n) is 6.54. The summed E-state index contributed by atoms with van der Waals surface area (Å²) in [7, 11) is 0. The molecule has 0 bridgehead atoms. The fraction of sp³-hybridized carbons (Fsp3) is 0.250. The molecule has 1 aliphatic heterocycles. The van der Waals surface area contributed by atoms with Crippen LogP contribution in [0, 0.1) is 5.92 Å². The van der Waals surface area contributed by atoms with Gasteiger partial charge in [-0.15, -0.1) is 0 Å². The highest BCUT2D eigenvalue weighted by Gasteiger charge is 2.27. The Balaban J connectivity index is 1.53.